The average molecular weight is 265 g/mol. The van der Waals surface area contributed by atoms with Gasteiger partial charge in [-0.3, -0.25) is 0 Å². The Hall–Kier alpha value is -1.68. The minimum absolute atomic E-state index is 0.0475. The van der Waals surface area contributed by atoms with Crippen molar-refractivity contribution in [3.05, 3.63) is 59.1 Å². The molecule has 4 heteroatoms. The lowest BCUT2D eigenvalue weighted by Gasteiger charge is -2.16. The lowest BCUT2D eigenvalue weighted by Crippen LogP contribution is -2.20. The van der Waals surface area contributed by atoms with Gasteiger partial charge in [0.1, 0.15) is 17.4 Å². The summed E-state index contributed by atoms with van der Waals surface area (Å²) in [5, 5.41) is 3.15. The van der Waals surface area contributed by atoms with E-state index in [-0.39, 0.29) is 6.04 Å². The van der Waals surface area contributed by atoms with Crippen molar-refractivity contribution in [3.63, 3.8) is 0 Å². The van der Waals surface area contributed by atoms with Gasteiger partial charge in [-0.1, -0.05) is 13.0 Å². The van der Waals surface area contributed by atoms with Gasteiger partial charge in [-0.05, 0) is 31.2 Å². The Kier molecular flexibility index (Phi) is 4.32. The quantitative estimate of drug-likeness (QED) is 0.893. The summed E-state index contributed by atoms with van der Waals surface area (Å²) in [6, 6.07) is 5.52. The number of halogens is 2. The molecule has 1 unspecified atom stereocenters. The van der Waals surface area contributed by atoms with Crippen molar-refractivity contribution in [2.75, 3.05) is 7.05 Å². The summed E-state index contributed by atoms with van der Waals surface area (Å²) in [4.78, 5) is 0. The Labute approximate surface area is 111 Å². The molecular weight excluding hydrogens is 248 g/mol. The van der Waals surface area contributed by atoms with Crippen molar-refractivity contribution in [1.82, 2.24) is 5.32 Å². The number of benzene rings is 1. The zero-order chi connectivity index (χ0) is 13.8. The predicted molar refractivity (Wildman–Crippen MR) is 69.9 cm³/mol. The minimum Gasteiger partial charge on any atom is -0.469 e. The van der Waals surface area contributed by atoms with Crippen molar-refractivity contribution in [3.8, 4) is 0 Å². The third-order valence-electron chi connectivity index (χ3n) is 3.26. The molecule has 0 bridgehead atoms. The molecule has 2 aromatic rings. The summed E-state index contributed by atoms with van der Waals surface area (Å²) in [7, 11) is 1.82. The first-order valence-corrected chi connectivity index (χ1v) is 6.33. The van der Waals surface area contributed by atoms with Crippen LogP contribution >= 0.6 is 0 Å². The lowest BCUT2D eigenvalue weighted by atomic mass is 9.98. The molecule has 0 aliphatic rings. The normalized spacial score (nSPS) is 12.6. The molecule has 102 valence electrons. The maximum absolute atomic E-state index is 13.7. The van der Waals surface area contributed by atoms with Crippen LogP contribution in [-0.2, 0) is 12.8 Å². The topological polar surface area (TPSA) is 25.2 Å². The predicted octanol–water partition coefficient (Wildman–Crippen LogP) is 3.62. The molecule has 0 amide bonds. The largest absolute Gasteiger partial charge is 0.469 e. The molecule has 0 saturated heterocycles. The summed E-state index contributed by atoms with van der Waals surface area (Å²) in [6.45, 7) is 2.01. The summed E-state index contributed by atoms with van der Waals surface area (Å²) in [5.41, 5.74) is 1.51. The second-order valence-electron chi connectivity index (χ2n) is 4.43. The number of nitrogens with one attached hydrogen (secondary N) is 1. The van der Waals surface area contributed by atoms with Gasteiger partial charge in [0.2, 0.25) is 0 Å². The minimum atomic E-state index is -0.556. The van der Waals surface area contributed by atoms with Gasteiger partial charge in [-0.15, -0.1) is 0 Å². The van der Waals surface area contributed by atoms with Gasteiger partial charge >= 0.3 is 0 Å². The highest BCUT2D eigenvalue weighted by Crippen LogP contribution is 2.24. The van der Waals surface area contributed by atoms with Crippen molar-refractivity contribution < 1.29 is 13.2 Å². The van der Waals surface area contributed by atoms with Gasteiger partial charge in [0.25, 0.3) is 0 Å². The molecule has 0 aliphatic heterocycles. The second-order valence-corrected chi connectivity index (χ2v) is 4.43. The zero-order valence-electron chi connectivity index (χ0n) is 11.0. The second kappa shape index (κ2) is 5.97. The van der Waals surface area contributed by atoms with Gasteiger partial charge in [-0.25, -0.2) is 8.78 Å². The molecule has 1 N–H and O–H groups in total. The van der Waals surface area contributed by atoms with Gasteiger partial charge in [0.15, 0.2) is 0 Å². The number of hydrogen-bond donors (Lipinski definition) is 1. The van der Waals surface area contributed by atoms with E-state index in [1.165, 1.54) is 12.1 Å². The van der Waals surface area contributed by atoms with Crippen LogP contribution in [0.4, 0.5) is 8.78 Å². The van der Waals surface area contributed by atoms with E-state index in [0.29, 0.717) is 12.0 Å². The lowest BCUT2D eigenvalue weighted by molar-refractivity contribution is 0.491. The van der Waals surface area contributed by atoms with E-state index in [1.807, 2.05) is 20.0 Å². The highest BCUT2D eigenvalue weighted by Gasteiger charge is 2.17. The Morgan fingerprint density at radius 1 is 1.26 bits per heavy atom. The molecule has 1 heterocycles. The first kappa shape index (κ1) is 13.7. The van der Waals surface area contributed by atoms with Crippen LogP contribution in [0.15, 0.2) is 34.9 Å². The van der Waals surface area contributed by atoms with Crippen molar-refractivity contribution >= 4 is 0 Å². The van der Waals surface area contributed by atoms with Crippen LogP contribution in [-0.4, -0.2) is 7.05 Å². The third kappa shape index (κ3) is 3.01. The maximum Gasteiger partial charge on any atom is 0.129 e. The molecular formula is C15H17F2NO. The molecule has 2 rings (SSSR count). The van der Waals surface area contributed by atoms with Gasteiger partial charge in [0, 0.05) is 24.1 Å². The van der Waals surface area contributed by atoms with E-state index < -0.39 is 11.6 Å². The van der Waals surface area contributed by atoms with E-state index in [1.54, 1.807) is 6.26 Å². The van der Waals surface area contributed by atoms with Crippen molar-refractivity contribution in [1.29, 1.82) is 0 Å². The molecule has 19 heavy (non-hydrogen) atoms. The fourth-order valence-electron chi connectivity index (χ4n) is 2.22. The van der Waals surface area contributed by atoms with Gasteiger partial charge in [-0.2, -0.15) is 0 Å². The van der Waals surface area contributed by atoms with Crippen LogP contribution in [0.5, 0.6) is 0 Å². The SMILES string of the molecule is CCc1occc1C(Cc1ccc(F)cc1F)NC. The van der Waals surface area contributed by atoms with E-state index in [0.717, 1.165) is 23.8 Å². The number of furan rings is 1. The zero-order valence-corrected chi connectivity index (χ0v) is 11.0. The molecule has 0 spiro atoms. The molecule has 2 nitrogen and oxygen atoms in total. The molecule has 0 saturated carbocycles. The fraction of sp³-hybridized carbons (Fsp3) is 0.333. The number of rotatable bonds is 5. The van der Waals surface area contributed by atoms with Crippen LogP contribution in [0.1, 0.15) is 29.9 Å². The van der Waals surface area contributed by atoms with Crippen molar-refractivity contribution in [2.24, 2.45) is 0 Å². The van der Waals surface area contributed by atoms with Gasteiger partial charge < -0.3 is 9.73 Å². The summed E-state index contributed by atoms with van der Waals surface area (Å²) >= 11 is 0. The Morgan fingerprint density at radius 3 is 2.68 bits per heavy atom. The smallest absolute Gasteiger partial charge is 0.129 e. The standard InChI is InChI=1S/C15H17F2NO/c1-3-15-12(6-7-19-15)14(18-2)8-10-4-5-11(16)9-13(10)17/h4-7,9,14,18H,3,8H2,1-2H3. The molecule has 0 radical (unpaired) electrons. The van der Waals surface area contributed by atoms with Crippen molar-refractivity contribution in [2.45, 2.75) is 25.8 Å². The number of likely N-dealkylation sites (N-methyl/N-ethyl adjacent to an activating group) is 1. The van der Waals surface area contributed by atoms with Crippen LogP contribution in [0.2, 0.25) is 0 Å². The maximum atomic E-state index is 13.7. The molecule has 1 aromatic heterocycles. The first-order valence-electron chi connectivity index (χ1n) is 6.33. The van der Waals surface area contributed by atoms with Crippen LogP contribution in [0.25, 0.3) is 0 Å². The van der Waals surface area contributed by atoms with E-state index in [9.17, 15) is 8.78 Å². The molecule has 1 aromatic carbocycles. The molecule has 0 aliphatic carbocycles. The number of aryl methyl sites for hydroxylation is 1. The summed E-state index contributed by atoms with van der Waals surface area (Å²) in [5.74, 6) is -0.177. The highest BCUT2D eigenvalue weighted by atomic mass is 19.1. The molecule has 1 atom stereocenters. The van der Waals surface area contributed by atoms with Gasteiger partial charge in [0.05, 0.1) is 6.26 Å². The summed E-state index contributed by atoms with van der Waals surface area (Å²) < 4.78 is 32.0. The first-order chi connectivity index (χ1) is 9.15. The van der Waals surface area contributed by atoms with E-state index in [4.69, 9.17) is 4.42 Å². The molecule has 0 fully saturated rings. The van der Waals surface area contributed by atoms with E-state index in [2.05, 4.69) is 5.32 Å². The third-order valence-corrected chi connectivity index (χ3v) is 3.26. The van der Waals surface area contributed by atoms with Crippen LogP contribution in [0, 0.1) is 11.6 Å². The Morgan fingerprint density at radius 2 is 2.05 bits per heavy atom. The van der Waals surface area contributed by atoms with Crippen LogP contribution in [0.3, 0.4) is 0 Å². The summed E-state index contributed by atoms with van der Waals surface area (Å²) in [6.07, 6.45) is 2.88. The van der Waals surface area contributed by atoms with Crippen LogP contribution < -0.4 is 5.32 Å². The average Bonchev–Trinajstić information content (AvgIpc) is 2.86. The highest BCUT2D eigenvalue weighted by molar-refractivity contribution is 5.26. The Bertz CT molecular complexity index is 551. The monoisotopic (exact) mass is 265 g/mol. The van der Waals surface area contributed by atoms with E-state index >= 15 is 0 Å². The number of hydrogen-bond acceptors (Lipinski definition) is 2. The fourth-order valence-corrected chi connectivity index (χ4v) is 2.22. The Balaban J connectivity index is 2.24.